The Labute approximate surface area is 130 Å². The number of likely N-dealkylation sites (tertiary alicyclic amines) is 1. The molecule has 0 bridgehead atoms. The van der Waals surface area contributed by atoms with Crippen molar-refractivity contribution in [2.24, 2.45) is 0 Å². The quantitative estimate of drug-likeness (QED) is 0.738. The van der Waals surface area contributed by atoms with Crippen molar-refractivity contribution < 1.29 is 9.53 Å². The number of nitrogens with zero attached hydrogens (tertiary/aromatic N) is 3. The van der Waals surface area contributed by atoms with Crippen LogP contribution in [0.3, 0.4) is 0 Å². The van der Waals surface area contributed by atoms with Crippen molar-refractivity contribution in [1.82, 2.24) is 14.9 Å². The lowest BCUT2D eigenvalue weighted by Gasteiger charge is -2.36. The number of hydrogen-bond acceptors (Lipinski definition) is 4. The van der Waals surface area contributed by atoms with Gasteiger partial charge in [0.05, 0.1) is 11.7 Å². The Hall–Kier alpha value is -1.36. The number of carbonyl (C=O) groups excluding carboxylic acids is 1. The van der Waals surface area contributed by atoms with Crippen LogP contribution in [0.5, 0.6) is 0 Å². The van der Waals surface area contributed by atoms with Gasteiger partial charge in [-0.1, -0.05) is 11.6 Å². The average Bonchev–Trinajstić information content (AvgIpc) is 2.35. The van der Waals surface area contributed by atoms with Crippen LogP contribution in [0.25, 0.3) is 0 Å². The molecule has 1 fully saturated rings. The summed E-state index contributed by atoms with van der Waals surface area (Å²) in [5.74, 6) is 0.618. The molecule has 21 heavy (non-hydrogen) atoms. The van der Waals surface area contributed by atoms with Gasteiger partial charge in [-0.15, -0.1) is 0 Å². The Kier molecular flexibility index (Phi) is 4.71. The van der Waals surface area contributed by atoms with E-state index in [1.165, 1.54) is 0 Å². The first-order valence-corrected chi connectivity index (χ1v) is 7.65. The van der Waals surface area contributed by atoms with Crippen molar-refractivity contribution in [3.05, 3.63) is 22.7 Å². The van der Waals surface area contributed by atoms with Gasteiger partial charge in [0.25, 0.3) is 0 Å². The van der Waals surface area contributed by atoms with Gasteiger partial charge >= 0.3 is 6.09 Å². The van der Waals surface area contributed by atoms with E-state index >= 15 is 0 Å². The fraction of sp³-hybridized carbons (Fsp3) is 0.667. The van der Waals surface area contributed by atoms with Crippen molar-refractivity contribution in [3.8, 4) is 0 Å². The lowest BCUT2D eigenvalue weighted by Crippen LogP contribution is -2.42. The number of aryl methyl sites for hydroxylation is 1. The highest BCUT2D eigenvalue weighted by Gasteiger charge is 2.32. The van der Waals surface area contributed by atoms with Gasteiger partial charge in [0.15, 0.2) is 0 Å². The largest absolute Gasteiger partial charge is 0.444 e. The molecule has 0 N–H and O–H groups in total. The Balaban J connectivity index is 2.24. The normalized spacial score (nSPS) is 19.5. The molecule has 0 spiro atoms. The molecule has 0 aliphatic carbocycles. The van der Waals surface area contributed by atoms with E-state index in [0.717, 1.165) is 25.0 Å². The summed E-state index contributed by atoms with van der Waals surface area (Å²) in [6.45, 7) is 8.09. The van der Waals surface area contributed by atoms with Gasteiger partial charge in [-0.2, -0.15) is 0 Å². The van der Waals surface area contributed by atoms with Crippen LogP contribution in [0.4, 0.5) is 4.79 Å². The van der Waals surface area contributed by atoms with Crippen molar-refractivity contribution in [2.75, 3.05) is 6.54 Å². The smallest absolute Gasteiger partial charge is 0.410 e. The minimum atomic E-state index is -0.502. The minimum Gasteiger partial charge on any atom is -0.444 e. The molecular formula is C15H22ClN3O2. The summed E-state index contributed by atoms with van der Waals surface area (Å²) in [6, 6.07) is 1.65. The van der Waals surface area contributed by atoms with E-state index in [-0.39, 0.29) is 12.1 Å². The lowest BCUT2D eigenvalue weighted by molar-refractivity contribution is 0.00896. The second-order valence-electron chi connectivity index (χ2n) is 6.35. The lowest BCUT2D eigenvalue weighted by atomic mass is 9.99. The summed E-state index contributed by atoms with van der Waals surface area (Å²) >= 11 is 6.02. The zero-order valence-corrected chi connectivity index (χ0v) is 13.8. The van der Waals surface area contributed by atoms with Crippen LogP contribution >= 0.6 is 11.6 Å². The standard InChI is InChI=1S/C15H22ClN3O2/c1-10-17-11(9-13(16)18-10)12-7-5-6-8-19(12)14(20)21-15(2,3)4/h9,12H,5-8H2,1-4H3. The Morgan fingerprint density at radius 1 is 1.38 bits per heavy atom. The zero-order chi connectivity index (χ0) is 15.6. The number of rotatable bonds is 1. The van der Waals surface area contributed by atoms with Crippen LogP contribution in [0.15, 0.2) is 6.07 Å². The SMILES string of the molecule is Cc1nc(Cl)cc(C2CCCCN2C(=O)OC(C)(C)C)n1. The van der Waals surface area contributed by atoms with Crippen LogP contribution in [0, 0.1) is 6.92 Å². The molecule has 5 nitrogen and oxygen atoms in total. The van der Waals surface area contributed by atoms with Crippen molar-refractivity contribution in [1.29, 1.82) is 0 Å². The summed E-state index contributed by atoms with van der Waals surface area (Å²) < 4.78 is 5.50. The second-order valence-corrected chi connectivity index (χ2v) is 6.74. The summed E-state index contributed by atoms with van der Waals surface area (Å²) in [5, 5.41) is 0.409. The molecule has 1 aliphatic rings. The highest BCUT2D eigenvalue weighted by atomic mass is 35.5. The monoisotopic (exact) mass is 311 g/mol. The van der Waals surface area contributed by atoms with Crippen molar-refractivity contribution >= 4 is 17.7 Å². The van der Waals surface area contributed by atoms with Crippen LogP contribution in [0.2, 0.25) is 5.15 Å². The van der Waals surface area contributed by atoms with E-state index < -0.39 is 5.60 Å². The molecule has 1 atom stereocenters. The predicted molar refractivity (Wildman–Crippen MR) is 81.3 cm³/mol. The first-order valence-electron chi connectivity index (χ1n) is 7.27. The molecule has 2 heterocycles. The van der Waals surface area contributed by atoms with Gasteiger partial charge in [0.1, 0.15) is 16.6 Å². The highest BCUT2D eigenvalue weighted by molar-refractivity contribution is 6.29. The Bertz CT molecular complexity index is 508. The maximum absolute atomic E-state index is 12.4. The van der Waals surface area contributed by atoms with Crippen molar-refractivity contribution in [2.45, 2.75) is 58.6 Å². The van der Waals surface area contributed by atoms with E-state index in [9.17, 15) is 4.79 Å². The van der Waals surface area contributed by atoms with E-state index in [1.807, 2.05) is 20.8 Å². The van der Waals surface area contributed by atoms with Gasteiger partial charge in [-0.3, -0.25) is 4.90 Å². The van der Waals surface area contributed by atoms with Gasteiger partial charge in [0.2, 0.25) is 0 Å². The summed E-state index contributed by atoms with van der Waals surface area (Å²) in [6.07, 6.45) is 2.61. The average molecular weight is 312 g/mol. The summed E-state index contributed by atoms with van der Waals surface area (Å²) in [7, 11) is 0. The molecule has 0 saturated carbocycles. The molecular weight excluding hydrogens is 290 g/mol. The van der Waals surface area contributed by atoms with Crippen LogP contribution in [-0.4, -0.2) is 33.1 Å². The van der Waals surface area contributed by atoms with E-state index in [0.29, 0.717) is 17.5 Å². The topological polar surface area (TPSA) is 55.3 Å². The third kappa shape index (κ3) is 4.30. The third-order valence-electron chi connectivity index (χ3n) is 3.30. The maximum Gasteiger partial charge on any atom is 0.410 e. The number of halogens is 1. The molecule has 1 aromatic heterocycles. The number of aromatic nitrogens is 2. The van der Waals surface area contributed by atoms with Gasteiger partial charge in [0, 0.05) is 6.54 Å². The van der Waals surface area contributed by atoms with Gasteiger partial charge in [-0.25, -0.2) is 14.8 Å². The first kappa shape index (κ1) is 16.0. The van der Waals surface area contributed by atoms with Crippen LogP contribution in [0.1, 0.15) is 57.6 Å². The molecule has 116 valence electrons. The number of piperidine rings is 1. The summed E-state index contributed by atoms with van der Waals surface area (Å²) in [4.78, 5) is 22.7. The van der Waals surface area contributed by atoms with E-state index in [1.54, 1.807) is 17.9 Å². The molecule has 6 heteroatoms. The molecule has 0 aromatic carbocycles. The maximum atomic E-state index is 12.4. The van der Waals surface area contributed by atoms with E-state index in [4.69, 9.17) is 16.3 Å². The number of hydrogen-bond donors (Lipinski definition) is 0. The second kappa shape index (κ2) is 6.18. The summed E-state index contributed by atoms with van der Waals surface area (Å²) in [5.41, 5.74) is 0.288. The molecule has 1 saturated heterocycles. The third-order valence-corrected chi connectivity index (χ3v) is 3.49. The van der Waals surface area contributed by atoms with Crippen LogP contribution < -0.4 is 0 Å². The predicted octanol–water partition coefficient (Wildman–Crippen LogP) is 3.90. The number of ether oxygens (including phenoxy) is 1. The highest BCUT2D eigenvalue weighted by Crippen LogP contribution is 2.32. The first-order chi connectivity index (χ1) is 9.76. The zero-order valence-electron chi connectivity index (χ0n) is 13.0. The van der Waals surface area contributed by atoms with Gasteiger partial charge in [-0.05, 0) is 53.0 Å². The van der Waals surface area contributed by atoms with Crippen molar-refractivity contribution in [3.63, 3.8) is 0 Å². The Morgan fingerprint density at radius 2 is 2.10 bits per heavy atom. The van der Waals surface area contributed by atoms with Crippen LogP contribution in [-0.2, 0) is 4.74 Å². The number of carbonyl (C=O) groups is 1. The molecule has 1 unspecified atom stereocenters. The van der Waals surface area contributed by atoms with Gasteiger partial charge < -0.3 is 4.74 Å². The minimum absolute atomic E-state index is 0.0900. The Morgan fingerprint density at radius 3 is 2.71 bits per heavy atom. The number of amides is 1. The molecule has 2 rings (SSSR count). The molecule has 1 amide bonds. The molecule has 1 aromatic rings. The fourth-order valence-electron chi connectivity index (χ4n) is 2.50. The fourth-order valence-corrected chi connectivity index (χ4v) is 2.74. The molecule has 1 aliphatic heterocycles. The van der Waals surface area contributed by atoms with E-state index in [2.05, 4.69) is 9.97 Å². The molecule has 0 radical (unpaired) electrons.